The van der Waals surface area contributed by atoms with Gasteiger partial charge in [-0.2, -0.15) is 0 Å². The lowest BCUT2D eigenvalue weighted by atomic mass is 9.92. The number of hydrogen-bond donors (Lipinski definition) is 4. The van der Waals surface area contributed by atoms with Gasteiger partial charge in [0.1, 0.15) is 0 Å². The maximum Gasteiger partial charge on any atom is 0.250 e. The van der Waals surface area contributed by atoms with Gasteiger partial charge >= 0.3 is 0 Å². The van der Waals surface area contributed by atoms with Crippen molar-refractivity contribution in [3.05, 3.63) is 76.9 Å². The zero-order valence-electron chi connectivity index (χ0n) is 20.0. The van der Waals surface area contributed by atoms with Crippen LogP contribution in [-0.4, -0.2) is 21.9 Å². The highest BCUT2D eigenvalue weighted by atomic mass is 16.3. The van der Waals surface area contributed by atoms with E-state index in [0.717, 1.165) is 49.8 Å². The highest BCUT2D eigenvalue weighted by Gasteiger charge is 2.21. The van der Waals surface area contributed by atoms with E-state index < -0.39 is 11.5 Å². The van der Waals surface area contributed by atoms with Gasteiger partial charge in [0.15, 0.2) is 0 Å². The van der Waals surface area contributed by atoms with E-state index in [1.807, 2.05) is 63.2 Å². The molecule has 0 saturated carbocycles. The molecular weight excluding hydrogens is 426 g/mol. The first kappa shape index (κ1) is 23.3. The third-order valence-corrected chi connectivity index (χ3v) is 6.03. The molecule has 3 aromatic carbocycles. The molecular formula is C28H29N3O3. The van der Waals surface area contributed by atoms with Crippen LogP contribution in [-0.2, 0) is 10.4 Å². The number of primary amides is 1. The van der Waals surface area contributed by atoms with Gasteiger partial charge in [-0.25, -0.2) is 0 Å². The number of nitrogens with one attached hydrogen (secondary N) is 2. The van der Waals surface area contributed by atoms with Gasteiger partial charge in [0, 0.05) is 28.1 Å². The molecule has 4 aromatic rings. The van der Waals surface area contributed by atoms with Crippen LogP contribution >= 0.6 is 0 Å². The summed E-state index contributed by atoms with van der Waals surface area (Å²) in [5.41, 5.74) is 11.7. The van der Waals surface area contributed by atoms with E-state index in [4.69, 9.17) is 5.73 Å². The maximum absolute atomic E-state index is 12.3. The molecule has 174 valence electrons. The van der Waals surface area contributed by atoms with Crippen molar-refractivity contribution in [2.75, 3.05) is 5.32 Å². The Bertz CT molecular complexity index is 1480. The molecule has 34 heavy (non-hydrogen) atoms. The van der Waals surface area contributed by atoms with E-state index in [0.29, 0.717) is 11.1 Å². The number of nitrogens with two attached hydrogens (primary N) is 1. The lowest BCUT2D eigenvalue weighted by Crippen LogP contribution is -2.14. The number of H-pyrrole nitrogens is 1. The van der Waals surface area contributed by atoms with Gasteiger partial charge in [-0.15, -0.1) is 0 Å². The number of carbonyl (C=O) groups is 2. The fourth-order valence-corrected chi connectivity index (χ4v) is 4.32. The lowest BCUT2D eigenvalue weighted by Gasteiger charge is -2.17. The topological polar surface area (TPSA) is 108 Å². The molecule has 0 aliphatic heterocycles. The van der Waals surface area contributed by atoms with Gasteiger partial charge in [0.25, 0.3) is 5.91 Å². The molecule has 6 heteroatoms. The van der Waals surface area contributed by atoms with Crippen molar-refractivity contribution in [3.63, 3.8) is 0 Å². The summed E-state index contributed by atoms with van der Waals surface area (Å²) in [6.45, 7) is 9.17. The quantitative estimate of drug-likeness (QED) is 0.297. The Kier molecular flexibility index (Phi) is 5.79. The van der Waals surface area contributed by atoms with E-state index in [9.17, 15) is 14.7 Å². The van der Waals surface area contributed by atoms with Crippen LogP contribution in [0.3, 0.4) is 0 Å². The van der Waals surface area contributed by atoms with Crippen LogP contribution in [0.4, 0.5) is 5.69 Å². The summed E-state index contributed by atoms with van der Waals surface area (Å²) >= 11 is 0. The number of anilines is 1. The molecule has 6 nitrogen and oxygen atoms in total. The van der Waals surface area contributed by atoms with Gasteiger partial charge in [0.2, 0.25) is 5.91 Å². The molecule has 5 N–H and O–H groups in total. The van der Waals surface area contributed by atoms with Crippen molar-refractivity contribution in [1.82, 2.24) is 4.98 Å². The molecule has 0 unspecified atom stereocenters. The molecule has 0 saturated heterocycles. The highest BCUT2D eigenvalue weighted by Crippen LogP contribution is 2.40. The number of aromatic nitrogens is 1. The number of aliphatic hydroxyl groups is 1. The van der Waals surface area contributed by atoms with Crippen LogP contribution in [0.2, 0.25) is 0 Å². The van der Waals surface area contributed by atoms with Crippen LogP contribution in [0.5, 0.6) is 0 Å². The molecule has 0 atom stereocenters. The molecule has 1 aromatic heterocycles. The van der Waals surface area contributed by atoms with Crippen LogP contribution in [0.15, 0.2) is 60.2 Å². The van der Waals surface area contributed by atoms with Crippen molar-refractivity contribution in [3.8, 4) is 11.1 Å². The number of allylic oxidation sites excluding steroid dienone is 1. The first-order valence-corrected chi connectivity index (χ1v) is 11.1. The molecule has 4 rings (SSSR count). The van der Waals surface area contributed by atoms with E-state index in [1.54, 1.807) is 26.0 Å². The van der Waals surface area contributed by atoms with Gasteiger partial charge in [0.05, 0.1) is 16.7 Å². The molecule has 1 heterocycles. The van der Waals surface area contributed by atoms with Crippen LogP contribution in [0, 0.1) is 6.92 Å². The minimum absolute atomic E-state index is 0.180. The van der Waals surface area contributed by atoms with Gasteiger partial charge in [-0.1, -0.05) is 35.9 Å². The Labute approximate surface area is 198 Å². The molecule has 2 amide bonds. The van der Waals surface area contributed by atoms with Crippen molar-refractivity contribution < 1.29 is 14.7 Å². The summed E-state index contributed by atoms with van der Waals surface area (Å²) in [6, 6.07) is 15.1. The number of aromatic amines is 1. The lowest BCUT2D eigenvalue weighted by molar-refractivity contribution is -0.112. The Morgan fingerprint density at radius 1 is 1.06 bits per heavy atom. The predicted octanol–water partition coefficient (Wildman–Crippen LogP) is 5.53. The highest BCUT2D eigenvalue weighted by molar-refractivity contribution is 6.20. The number of benzene rings is 3. The zero-order valence-corrected chi connectivity index (χ0v) is 20.0. The monoisotopic (exact) mass is 455 g/mol. The molecule has 0 fully saturated rings. The molecule has 0 aliphatic rings. The van der Waals surface area contributed by atoms with E-state index in [2.05, 4.69) is 10.3 Å². The number of fused-ring (bicyclic) bond motifs is 3. The van der Waals surface area contributed by atoms with Crippen molar-refractivity contribution >= 4 is 39.3 Å². The first-order valence-electron chi connectivity index (χ1n) is 11.1. The number of rotatable bonds is 5. The standard InChI is InChI=1S/C28H29N3O3/c1-15(2)13-24(32)30-22-8-6-7-18(16(22)3)19-11-12-21(27(29)33)26-25(19)20-10-9-17(28(4,5)34)14-23(20)31-26/h6-14,31,34H,1-5H3,(H2,29,33)(H,30,32). The van der Waals surface area contributed by atoms with Crippen molar-refractivity contribution in [1.29, 1.82) is 0 Å². The van der Waals surface area contributed by atoms with Crippen LogP contribution < -0.4 is 11.1 Å². The fraction of sp³-hybridized carbons (Fsp3) is 0.214. The predicted molar refractivity (Wildman–Crippen MR) is 138 cm³/mol. The van der Waals surface area contributed by atoms with Gasteiger partial charge in [-0.05, 0) is 75.1 Å². The summed E-state index contributed by atoms with van der Waals surface area (Å²) in [5, 5.41) is 15.2. The molecule has 0 bridgehead atoms. The maximum atomic E-state index is 12.3. The van der Waals surface area contributed by atoms with E-state index in [1.165, 1.54) is 0 Å². The van der Waals surface area contributed by atoms with Crippen molar-refractivity contribution in [2.24, 2.45) is 5.73 Å². The Balaban J connectivity index is 1.98. The second kappa shape index (κ2) is 8.47. The van der Waals surface area contributed by atoms with E-state index in [-0.39, 0.29) is 5.91 Å². The third kappa shape index (κ3) is 4.20. The van der Waals surface area contributed by atoms with Gasteiger partial charge < -0.3 is 21.1 Å². The minimum Gasteiger partial charge on any atom is -0.386 e. The summed E-state index contributed by atoms with van der Waals surface area (Å²) in [5.74, 6) is -0.703. The molecule has 0 spiro atoms. The van der Waals surface area contributed by atoms with Gasteiger partial charge in [-0.3, -0.25) is 9.59 Å². The second-order valence-corrected chi connectivity index (χ2v) is 9.41. The Morgan fingerprint density at radius 3 is 2.44 bits per heavy atom. The van der Waals surface area contributed by atoms with E-state index >= 15 is 0 Å². The van der Waals surface area contributed by atoms with Crippen LogP contribution in [0.25, 0.3) is 32.9 Å². The average Bonchev–Trinajstić information content (AvgIpc) is 3.12. The second-order valence-electron chi connectivity index (χ2n) is 9.41. The summed E-state index contributed by atoms with van der Waals surface area (Å²) in [4.78, 5) is 27.9. The zero-order chi connectivity index (χ0) is 24.8. The average molecular weight is 456 g/mol. The summed E-state index contributed by atoms with van der Waals surface area (Å²) in [7, 11) is 0. The number of carbonyl (C=O) groups excluding carboxylic acids is 2. The summed E-state index contributed by atoms with van der Waals surface area (Å²) < 4.78 is 0. The normalized spacial score (nSPS) is 11.6. The van der Waals surface area contributed by atoms with Crippen LogP contribution in [0.1, 0.15) is 49.2 Å². The largest absolute Gasteiger partial charge is 0.386 e. The number of amides is 2. The summed E-state index contributed by atoms with van der Waals surface area (Å²) in [6.07, 6.45) is 1.56. The first-order chi connectivity index (χ1) is 16.0. The Morgan fingerprint density at radius 2 is 1.79 bits per heavy atom. The number of hydrogen-bond acceptors (Lipinski definition) is 3. The SMILES string of the molecule is CC(C)=CC(=O)Nc1cccc(-c2ccc(C(N)=O)c3[nH]c4cc(C(C)(C)O)ccc4c23)c1C. The molecule has 0 aliphatic carbocycles. The minimum atomic E-state index is -1.00. The smallest absolute Gasteiger partial charge is 0.250 e. The molecule has 0 radical (unpaired) electrons. The van der Waals surface area contributed by atoms with Crippen molar-refractivity contribution in [2.45, 2.75) is 40.2 Å². The third-order valence-electron chi connectivity index (χ3n) is 6.03. The fourth-order valence-electron chi connectivity index (χ4n) is 4.32. The Hall–Kier alpha value is -3.90.